The third kappa shape index (κ3) is 1.23. The van der Waals surface area contributed by atoms with Crippen LogP contribution in [0.15, 0.2) is 30.3 Å². The number of benzene rings is 2. The number of nitrogens with zero attached hydrogens (tertiary/aromatic N) is 1. The van der Waals surface area contributed by atoms with Crippen LogP contribution in [-0.2, 0) is 0 Å². The summed E-state index contributed by atoms with van der Waals surface area (Å²) in [4.78, 5) is 3.35. The third-order valence-corrected chi connectivity index (χ3v) is 2.15. The lowest BCUT2D eigenvalue weighted by molar-refractivity contribution is 1.70. The maximum Gasteiger partial charge on any atom is 0.187 e. The van der Waals surface area contributed by atoms with Gasteiger partial charge in [0.2, 0.25) is 0 Å². The van der Waals surface area contributed by atoms with E-state index in [4.69, 9.17) is 18.0 Å². The molecule has 4 N–H and O–H groups in total. The first-order valence-corrected chi connectivity index (χ1v) is 4.17. The van der Waals surface area contributed by atoms with Gasteiger partial charge in [-0.2, -0.15) is 0 Å². The van der Waals surface area contributed by atoms with E-state index in [2.05, 4.69) is 4.85 Å². The van der Waals surface area contributed by atoms with Gasteiger partial charge in [0.25, 0.3) is 0 Å². The Bertz CT molecular complexity index is 538. The molecule has 2 aromatic carbocycles. The van der Waals surface area contributed by atoms with E-state index >= 15 is 0 Å². The van der Waals surface area contributed by atoms with Gasteiger partial charge in [-0.3, -0.25) is 0 Å². The highest BCUT2D eigenvalue weighted by molar-refractivity contribution is 5.92. The highest BCUT2D eigenvalue weighted by atomic mass is 14.7. The number of nitrogens with two attached hydrogens (primary N) is 2. The Morgan fingerprint density at radius 1 is 0.929 bits per heavy atom. The second-order valence-corrected chi connectivity index (χ2v) is 3.12. The fourth-order valence-electron chi connectivity index (χ4n) is 1.39. The van der Waals surface area contributed by atoms with E-state index in [1.807, 2.05) is 12.1 Å². The smallest absolute Gasteiger partial charge is 0.187 e. The lowest BCUT2D eigenvalue weighted by Crippen LogP contribution is -1.93. The topological polar surface area (TPSA) is 56.4 Å². The number of anilines is 2. The van der Waals surface area contributed by atoms with Crippen LogP contribution >= 0.6 is 0 Å². The molecule has 0 aromatic heterocycles. The number of fused-ring (bicyclic) bond motifs is 1. The zero-order valence-corrected chi connectivity index (χ0v) is 7.49. The Balaban J connectivity index is 2.78. The van der Waals surface area contributed by atoms with Crippen LogP contribution in [0.1, 0.15) is 0 Å². The Kier molecular flexibility index (Phi) is 1.76. The molecule has 0 saturated carbocycles. The molecule has 0 heterocycles. The number of nitrogen functional groups attached to an aromatic ring is 2. The monoisotopic (exact) mass is 183 g/mol. The van der Waals surface area contributed by atoms with E-state index in [9.17, 15) is 0 Å². The summed E-state index contributed by atoms with van der Waals surface area (Å²) in [6.07, 6.45) is 0. The summed E-state index contributed by atoms with van der Waals surface area (Å²) >= 11 is 0. The van der Waals surface area contributed by atoms with Crippen LogP contribution in [0.5, 0.6) is 0 Å². The fraction of sp³-hybridized carbons (Fsp3) is 0. The van der Waals surface area contributed by atoms with Gasteiger partial charge in [0.05, 0.1) is 17.9 Å². The van der Waals surface area contributed by atoms with Crippen molar-refractivity contribution in [1.29, 1.82) is 0 Å². The predicted molar refractivity (Wildman–Crippen MR) is 59.0 cm³/mol. The lowest BCUT2D eigenvalue weighted by atomic mass is 10.1. The maximum atomic E-state index is 6.88. The van der Waals surface area contributed by atoms with Crippen molar-refractivity contribution in [3.63, 3.8) is 0 Å². The van der Waals surface area contributed by atoms with Gasteiger partial charge in [0.1, 0.15) is 0 Å². The summed E-state index contributed by atoms with van der Waals surface area (Å²) < 4.78 is 0. The van der Waals surface area contributed by atoms with Crippen LogP contribution in [0.25, 0.3) is 15.6 Å². The number of rotatable bonds is 0. The average Bonchev–Trinajstić information content (AvgIpc) is 2.19. The van der Waals surface area contributed by atoms with E-state index in [-0.39, 0.29) is 0 Å². The van der Waals surface area contributed by atoms with Crippen molar-refractivity contribution in [3.8, 4) is 0 Å². The molecule has 0 atom stereocenters. The highest BCUT2D eigenvalue weighted by Gasteiger charge is 1.99. The zero-order valence-electron chi connectivity index (χ0n) is 7.49. The van der Waals surface area contributed by atoms with Crippen molar-refractivity contribution < 1.29 is 0 Å². The number of hydrogen-bond acceptors (Lipinski definition) is 2. The molecule has 0 aliphatic carbocycles. The lowest BCUT2D eigenvalue weighted by Gasteiger charge is -2.03. The van der Waals surface area contributed by atoms with Crippen molar-refractivity contribution >= 4 is 27.8 Å². The molecule has 2 rings (SSSR count). The zero-order chi connectivity index (χ0) is 10.1. The van der Waals surface area contributed by atoms with E-state index in [1.54, 1.807) is 18.2 Å². The van der Waals surface area contributed by atoms with Gasteiger partial charge < -0.3 is 11.5 Å². The van der Waals surface area contributed by atoms with E-state index in [0.29, 0.717) is 17.1 Å². The summed E-state index contributed by atoms with van der Waals surface area (Å²) in [6, 6.07) is 9.05. The first-order chi connectivity index (χ1) is 6.70. The molecule has 0 saturated heterocycles. The molecule has 0 aliphatic heterocycles. The summed E-state index contributed by atoms with van der Waals surface area (Å²) in [7, 11) is 0. The average molecular weight is 183 g/mol. The molecular weight excluding hydrogens is 174 g/mol. The SMILES string of the molecule is [C-]#[N+]c1ccc2cc(N)c(N)cc2c1. The Morgan fingerprint density at radius 3 is 2.21 bits per heavy atom. The van der Waals surface area contributed by atoms with Gasteiger partial charge in [0.15, 0.2) is 5.69 Å². The van der Waals surface area contributed by atoms with Crippen LogP contribution < -0.4 is 11.5 Å². The molecular formula is C11H9N3. The summed E-state index contributed by atoms with van der Waals surface area (Å²) in [5.41, 5.74) is 13.1. The van der Waals surface area contributed by atoms with Gasteiger partial charge in [-0.15, -0.1) is 0 Å². The molecule has 68 valence electrons. The van der Waals surface area contributed by atoms with E-state index in [1.165, 1.54) is 0 Å². The first kappa shape index (κ1) is 8.39. The Morgan fingerprint density at radius 2 is 1.57 bits per heavy atom. The molecule has 3 heteroatoms. The first-order valence-electron chi connectivity index (χ1n) is 4.17. The third-order valence-electron chi connectivity index (χ3n) is 2.15. The second kappa shape index (κ2) is 2.93. The van der Waals surface area contributed by atoms with E-state index in [0.717, 1.165) is 10.8 Å². The van der Waals surface area contributed by atoms with Crippen LogP contribution in [0, 0.1) is 6.57 Å². The largest absolute Gasteiger partial charge is 0.397 e. The van der Waals surface area contributed by atoms with Gasteiger partial charge in [-0.1, -0.05) is 12.1 Å². The fourth-order valence-corrected chi connectivity index (χ4v) is 1.39. The molecule has 0 bridgehead atoms. The molecule has 0 amide bonds. The van der Waals surface area contributed by atoms with Crippen molar-refractivity contribution in [1.82, 2.24) is 0 Å². The van der Waals surface area contributed by atoms with Crippen molar-refractivity contribution in [2.45, 2.75) is 0 Å². The van der Waals surface area contributed by atoms with Gasteiger partial charge in [-0.25, -0.2) is 4.85 Å². The van der Waals surface area contributed by atoms with E-state index < -0.39 is 0 Å². The van der Waals surface area contributed by atoms with Crippen molar-refractivity contribution in [2.75, 3.05) is 11.5 Å². The second-order valence-electron chi connectivity index (χ2n) is 3.12. The molecule has 0 aliphatic rings. The molecule has 0 spiro atoms. The quantitative estimate of drug-likeness (QED) is 0.487. The standard InChI is InChI=1S/C11H9N3/c1-14-9-3-2-7-5-10(12)11(13)6-8(7)4-9/h2-6H,12-13H2. The maximum absolute atomic E-state index is 6.88. The van der Waals surface area contributed by atoms with Crippen LogP contribution in [-0.4, -0.2) is 0 Å². The van der Waals surface area contributed by atoms with Crippen LogP contribution in [0.3, 0.4) is 0 Å². The summed E-state index contributed by atoms with van der Waals surface area (Å²) in [6.45, 7) is 6.88. The normalized spacial score (nSPS) is 9.93. The minimum Gasteiger partial charge on any atom is -0.397 e. The molecule has 0 unspecified atom stereocenters. The molecule has 0 radical (unpaired) electrons. The Labute approximate surface area is 81.8 Å². The minimum absolute atomic E-state index is 0.555. The number of hydrogen-bond donors (Lipinski definition) is 2. The van der Waals surface area contributed by atoms with Crippen LogP contribution in [0.4, 0.5) is 17.1 Å². The molecule has 14 heavy (non-hydrogen) atoms. The molecule has 0 fully saturated rings. The predicted octanol–water partition coefficient (Wildman–Crippen LogP) is 2.55. The minimum atomic E-state index is 0.555. The van der Waals surface area contributed by atoms with Crippen LogP contribution in [0.2, 0.25) is 0 Å². The Hall–Kier alpha value is -2.21. The van der Waals surface area contributed by atoms with Gasteiger partial charge >= 0.3 is 0 Å². The van der Waals surface area contributed by atoms with Gasteiger partial charge in [0, 0.05) is 0 Å². The summed E-state index contributed by atoms with van der Waals surface area (Å²) in [5, 5.41) is 1.95. The van der Waals surface area contributed by atoms with Crippen molar-refractivity contribution in [3.05, 3.63) is 41.7 Å². The molecule has 2 aromatic rings. The molecule has 3 nitrogen and oxygen atoms in total. The van der Waals surface area contributed by atoms with Gasteiger partial charge in [-0.05, 0) is 29.0 Å². The van der Waals surface area contributed by atoms with Crippen molar-refractivity contribution in [2.24, 2.45) is 0 Å². The highest BCUT2D eigenvalue weighted by Crippen LogP contribution is 2.26. The summed E-state index contributed by atoms with van der Waals surface area (Å²) in [5.74, 6) is 0.